The number of amides is 2. The molecule has 0 spiro atoms. The first-order valence-electron chi connectivity index (χ1n) is 8.78. The van der Waals surface area contributed by atoms with Crippen molar-refractivity contribution in [2.24, 2.45) is 0 Å². The molecular formula is C21H26Cl2N4O2. The Morgan fingerprint density at radius 2 is 1.69 bits per heavy atom. The molecular weight excluding hydrogens is 411 g/mol. The Kier molecular flexibility index (Phi) is 8.26. The van der Waals surface area contributed by atoms with Crippen molar-refractivity contribution in [1.82, 2.24) is 5.10 Å². The van der Waals surface area contributed by atoms with Crippen LogP contribution < -0.4 is 27.7 Å². The van der Waals surface area contributed by atoms with Crippen LogP contribution in [0.25, 0.3) is 5.69 Å². The fourth-order valence-electron chi connectivity index (χ4n) is 2.67. The second kappa shape index (κ2) is 9.78. The summed E-state index contributed by atoms with van der Waals surface area (Å²) >= 11 is 5.89. The number of halogens is 2. The molecule has 29 heavy (non-hydrogen) atoms. The fourth-order valence-corrected chi connectivity index (χ4v) is 2.80. The smallest absolute Gasteiger partial charge is 0.411 e. The summed E-state index contributed by atoms with van der Waals surface area (Å²) in [6.45, 7) is 8.41. The molecule has 1 aromatic heterocycles. The maximum Gasteiger partial charge on any atom is 0.411 e. The van der Waals surface area contributed by atoms with Crippen molar-refractivity contribution in [1.29, 1.82) is 0 Å². The van der Waals surface area contributed by atoms with E-state index in [1.54, 1.807) is 24.3 Å². The molecule has 0 saturated carbocycles. The van der Waals surface area contributed by atoms with Gasteiger partial charge in [0.2, 0.25) is 0 Å². The molecule has 0 aliphatic rings. The molecule has 0 aliphatic heterocycles. The Hall–Kier alpha value is -2.54. The third-order valence-electron chi connectivity index (χ3n) is 4.17. The summed E-state index contributed by atoms with van der Waals surface area (Å²) in [4.78, 5) is 12.5. The maximum atomic E-state index is 12.5. The molecule has 0 fully saturated rings. The second-order valence-electron chi connectivity index (χ2n) is 7.57. The summed E-state index contributed by atoms with van der Waals surface area (Å²) in [5.41, 5.74) is 3.70. The number of nitrogens with one attached hydrogen (secondary N) is 3. The summed E-state index contributed by atoms with van der Waals surface area (Å²) in [5, 5.41) is 9.77. The third kappa shape index (κ3) is 6.22. The summed E-state index contributed by atoms with van der Waals surface area (Å²) in [7, 11) is 0. The van der Waals surface area contributed by atoms with Crippen LogP contribution in [0.3, 0.4) is 0 Å². The zero-order valence-corrected chi connectivity index (χ0v) is 18.3. The van der Waals surface area contributed by atoms with Gasteiger partial charge in [0.15, 0.2) is 5.69 Å². The van der Waals surface area contributed by atoms with E-state index in [2.05, 4.69) is 42.6 Å². The van der Waals surface area contributed by atoms with Crippen LogP contribution >= 0.6 is 11.6 Å². The van der Waals surface area contributed by atoms with Gasteiger partial charge in [-0.2, -0.15) is 5.32 Å². The Morgan fingerprint density at radius 1 is 1.03 bits per heavy atom. The molecule has 8 heteroatoms. The number of hydrogen-bond acceptors (Lipinski definition) is 1. The van der Waals surface area contributed by atoms with Gasteiger partial charge in [0.1, 0.15) is 0 Å². The molecule has 3 rings (SSSR count). The molecule has 0 radical (unpaired) electrons. The van der Waals surface area contributed by atoms with Gasteiger partial charge in [-0.05, 0) is 48.9 Å². The molecule has 156 valence electrons. The van der Waals surface area contributed by atoms with Crippen molar-refractivity contribution in [3.63, 3.8) is 0 Å². The topological polar surface area (TPSA) is 92.3 Å². The normalized spacial score (nSPS) is 10.5. The average molecular weight is 437 g/mol. The van der Waals surface area contributed by atoms with Gasteiger partial charge in [-0.1, -0.05) is 44.5 Å². The van der Waals surface area contributed by atoms with E-state index in [-0.39, 0.29) is 29.3 Å². The van der Waals surface area contributed by atoms with Gasteiger partial charge in [0.05, 0.1) is 11.8 Å². The van der Waals surface area contributed by atoms with Gasteiger partial charge in [0, 0.05) is 16.1 Å². The van der Waals surface area contributed by atoms with Gasteiger partial charge in [-0.3, -0.25) is 5.32 Å². The highest BCUT2D eigenvalue weighted by Gasteiger charge is 2.25. The zero-order chi connectivity index (χ0) is 19.6. The molecule has 0 bridgehead atoms. The van der Waals surface area contributed by atoms with Gasteiger partial charge >= 0.3 is 11.8 Å². The zero-order valence-electron chi connectivity index (χ0n) is 16.8. The summed E-state index contributed by atoms with van der Waals surface area (Å²) < 4.78 is 1.88. The molecule has 0 saturated heterocycles. The number of anilines is 2. The van der Waals surface area contributed by atoms with Crippen LogP contribution in [0, 0.1) is 6.92 Å². The molecule has 0 atom stereocenters. The van der Waals surface area contributed by atoms with Crippen LogP contribution in [0.2, 0.25) is 5.02 Å². The highest BCUT2D eigenvalue weighted by Crippen LogP contribution is 2.23. The number of rotatable bonds is 3. The van der Waals surface area contributed by atoms with Gasteiger partial charge in [-0.25, -0.2) is 9.89 Å². The van der Waals surface area contributed by atoms with Crippen LogP contribution in [0.4, 0.5) is 16.3 Å². The minimum Gasteiger partial charge on any atom is -1.00 e. The summed E-state index contributed by atoms with van der Waals surface area (Å²) in [6.07, 6.45) is 0. The van der Waals surface area contributed by atoms with Gasteiger partial charge < -0.3 is 17.9 Å². The first-order valence-corrected chi connectivity index (χ1v) is 9.16. The van der Waals surface area contributed by atoms with Crippen LogP contribution in [0.1, 0.15) is 32.0 Å². The number of carbonyl (C=O) groups excluding carboxylic acids is 1. The van der Waals surface area contributed by atoms with Crippen molar-refractivity contribution in [2.45, 2.75) is 33.1 Å². The highest BCUT2D eigenvalue weighted by molar-refractivity contribution is 6.30. The molecule has 5 N–H and O–H groups in total. The van der Waals surface area contributed by atoms with Crippen molar-refractivity contribution in [3.05, 3.63) is 70.9 Å². The highest BCUT2D eigenvalue weighted by atomic mass is 35.5. The second-order valence-corrected chi connectivity index (χ2v) is 8.00. The lowest BCUT2D eigenvalue weighted by molar-refractivity contribution is -0.641. The minimum atomic E-state index is -0.321. The lowest BCUT2D eigenvalue weighted by atomic mass is 9.92. The van der Waals surface area contributed by atoms with Crippen molar-refractivity contribution >= 4 is 29.1 Å². The van der Waals surface area contributed by atoms with E-state index in [1.807, 2.05) is 35.9 Å². The van der Waals surface area contributed by atoms with E-state index in [1.165, 1.54) is 0 Å². The molecule has 0 unspecified atom stereocenters. The average Bonchev–Trinajstić information content (AvgIpc) is 3.01. The minimum absolute atomic E-state index is 0. The van der Waals surface area contributed by atoms with E-state index < -0.39 is 0 Å². The first-order chi connectivity index (χ1) is 12.7. The predicted molar refractivity (Wildman–Crippen MR) is 113 cm³/mol. The molecule has 2 aromatic carbocycles. The van der Waals surface area contributed by atoms with Crippen LogP contribution in [0.5, 0.6) is 0 Å². The lowest BCUT2D eigenvalue weighted by Crippen LogP contribution is -3.00. The Balaban J connectivity index is 0.00000210. The Bertz CT molecular complexity index is 964. The number of carbonyl (C=O) groups is 1. The molecule has 3 aromatic rings. The Labute approximate surface area is 182 Å². The molecule has 6 nitrogen and oxygen atoms in total. The van der Waals surface area contributed by atoms with Crippen LogP contribution in [0.15, 0.2) is 54.6 Å². The van der Waals surface area contributed by atoms with Crippen molar-refractivity contribution < 1.29 is 27.4 Å². The number of aromatic nitrogens is 2. The fraction of sp³-hybridized carbons (Fsp3) is 0.238. The van der Waals surface area contributed by atoms with E-state index in [4.69, 9.17) is 11.6 Å². The lowest BCUT2D eigenvalue weighted by Gasteiger charge is -2.14. The SMILES string of the molecule is Cc1cccc(-[n+]2[nH]c(C(C)(C)C)cc2NC(=O)Nc2ccc(Cl)cc2)c1.O.[Cl-]. The number of aromatic amines is 1. The number of benzene rings is 2. The predicted octanol–water partition coefficient (Wildman–Crippen LogP) is 1.37. The van der Waals surface area contributed by atoms with E-state index in [0.717, 1.165) is 16.9 Å². The largest absolute Gasteiger partial charge is 1.00 e. The molecule has 0 aliphatic carbocycles. The van der Waals surface area contributed by atoms with E-state index in [9.17, 15) is 4.79 Å². The number of H-pyrrole nitrogens is 1. The summed E-state index contributed by atoms with van der Waals surface area (Å²) in [6, 6.07) is 16.7. The maximum absolute atomic E-state index is 12.5. The van der Waals surface area contributed by atoms with Crippen LogP contribution in [-0.2, 0) is 5.41 Å². The van der Waals surface area contributed by atoms with Gasteiger partial charge in [0.25, 0.3) is 0 Å². The number of hydrogen-bond donors (Lipinski definition) is 3. The number of urea groups is 1. The monoisotopic (exact) mass is 436 g/mol. The Morgan fingerprint density at radius 3 is 2.28 bits per heavy atom. The molecule has 1 heterocycles. The first kappa shape index (κ1) is 24.5. The summed E-state index contributed by atoms with van der Waals surface area (Å²) in [5.74, 6) is 0.664. The van der Waals surface area contributed by atoms with E-state index >= 15 is 0 Å². The standard InChI is InChI=1S/C21H23ClN4O.ClH.H2O/c1-14-6-5-7-17(12-14)26-19(13-18(25-26)21(2,3)4)24-20(27)23-16-10-8-15(22)9-11-16;;/h5-13H,1-4H3,(H2,23,24,25,27);1H;1H2. The quantitative estimate of drug-likeness (QED) is 0.531. The van der Waals surface area contributed by atoms with Crippen molar-refractivity contribution in [2.75, 3.05) is 10.6 Å². The number of aryl methyl sites for hydroxylation is 1. The van der Waals surface area contributed by atoms with E-state index in [0.29, 0.717) is 16.5 Å². The van der Waals surface area contributed by atoms with Gasteiger partial charge in [-0.15, -0.1) is 4.68 Å². The van der Waals surface area contributed by atoms with Crippen molar-refractivity contribution in [3.8, 4) is 5.69 Å². The van der Waals surface area contributed by atoms with Crippen LogP contribution in [-0.4, -0.2) is 16.6 Å². The molecule has 2 amide bonds. The third-order valence-corrected chi connectivity index (χ3v) is 4.42. The number of nitrogens with zero attached hydrogens (tertiary/aromatic N) is 1.